The molecule has 7 heteroatoms. The zero-order valence-corrected chi connectivity index (χ0v) is 11.5. The van der Waals surface area contributed by atoms with Gasteiger partial charge in [0.15, 0.2) is 23.6 Å². The minimum absolute atomic E-state index is 0.0117. The molecule has 4 nitrogen and oxygen atoms in total. The van der Waals surface area contributed by atoms with Gasteiger partial charge in [-0.2, -0.15) is 0 Å². The van der Waals surface area contributed by atoms with E-state index in [1.807, 2.05) is 0 Å². The Bertz CT molecular complexity index is 769. The Morgan fingerprint density at radius 2 is 2.05 bits per heavy atom. The van der Waals surface area contributed by atoms with E-state index in [1.54, 1.807) is 0 Å². The lowest BCUT2D eigenvalue weighted by Crippen LogP contribution is -2.12. The van der Waals surface area contributed by atoms with Crippen LogP contribution < -0.4 is 0 Å². The Morgan fingerprint density at radius 1 is 1.27 bits per heavy atom. The van der Waals surface area contributed by atoms with E-state index in [1.165, 1.54) is 16.8 Å². The molecule has 114 valence electrons. The standard InChI is InChI=1S/C15H12F3N3O/c16-9-3-1-2-8(12(9)18)11-6-10(17)15-19-14(20-21(11)15)13(22)7-4-5-7/h1-3,7,10-11H,4-6H2/t10-,11-/m0/s1. The van der Waals surface area contributed by atoms with Crippen molar-refractivity contribution in [3.05, 3.63) is 47.0 Å². The molecular formula is C15H12F3N3O. The molecule has 1 aliphatic heterocycles. The molecule has 1 aliphatic carbocycles. The average Bonchev–Trinajstić information content (AvgIpc) is 3.18. The van der Waals surface area contributed by atoms with Gasteiger partial charge < -0.3 is 0 Å². The summed E-state index contributed by atoms with van der Waals surface area (Å²) in [6, 6.07) is 2.99. The average molecular weight is 307 g/mol. The molecule has 2 heterocycles. The molecule has 2 aliphatic rings. The highest BCUT2D eigenvalue weighted by molar-refractivity contribution is 5.95. The predicted octanol–water partition coefficient (Wildman–Crippen LogP) is 3.15. The van der Waals surface area contributed by atoms with Crippen molar-refractivity contribution in [3.63, 3.8) is 0 Å². The summed E-state index contributed by atoms with van der Waals surface area (Å²) in [5.74, 6) is -2.30. The Balaban J connectivity index is 1.76. The summed E-state index contributed by atoms with van der Waals surface area (Å²) in [6.45, 7) is 0. The molecule has 0 saturated heterocycles. The summed E-state index contributed by atoms with van der Waals surface area (Å²) in [6.07, 6.45) is 0.0852. The first-order valence-electron chi connectivity index (χ1n) is 7.15. The number of fused-ring (bicyclic) bond motifs is 1. The Morgan fingerprint density at radius 3 is 2.77 bits per heavy atom. The number of benzene rings is 1. The van der Waals surface area contributed by atoms with Gasteiger partial charge in [-0.25, -0.2) is 22.8 Å². The number of Topliss-reactive ketones (excluding diaryl/α,β-unsaturated/α-hetero) is 1. The minimum Gasteiger partial charge on any atom is -0.290 e. The van der Waals surface area contributed by atoms with E-state index in [-0.39, 0.29) is 35.3 Å². The van der Waals surface area contributed by atoms with Gasteiger partial charge in [-0.1, -0.05) is 12.1 Å². The van der Waals surface area contributed by atoms with E-state index in [9.17, 15) is 18.0 Å². The molecule has 1 saturated carbocycles. The zero-order valence-electron chi connectivity index (χ0n) is 11.5. The highest BCUT2D eigenvalue weighted by Gasteiger charge is 2.40. The van der Waals surface area contributed by atoms with E-state index in [0.717, 1.165) is 18.9 Å². The SMILES string of the molecule is O=C(c1nc2n(n1)[C@H](c1cccc(F)c1F)C[C@@H]2F)C1CC1. The van der Waals surface area contributed by atoms with Crippen molar-refractivity contribution in [1.82, 2.24) is 14.8 Å². The van der Waals surface area contributed by atoms with Crippen molar-refractivity contribution < 1.29 is 18.0 Å². The van der Waals surface area contributed by atoms with Crippen LogP contribution >= 0.6 is 0 Å². The van der Waals surface area contributed by atoms with Crippen molar-refractivity contribution in [3.8, 4) is 0 Å². The Labute approximate surface area is 124 Å². The number of aromatic nitrogens is 3. The van der Waals surface area contributed by atoms with Crippen LogP contribution in [0.15, 0.2) is 18.2 Å². The van der Waals surface area contributed by atoms with Crippen LogP contribution in [0.3, 0.4) is 0 Å². The van der Waals surface area contributed by atoms with Crippen molar-refractivity contribution in [2.24, 2.45) is 5.92 Å². The molecule has 1 fully saturated rings. The monoisotopic (exact) mass is 307 g/mol. The number of hydrogen-bond donors (Lipinski definition) is 0. The first-order valence-corrected chi connectivity index (χ1v) is 7.15. The second-order valence-electron chi connectivity index (χ2n) is 5.74. The number of carbonyl (C=O) groups is 1. The Hall–Kier alpha value is -2.18. The third-order valence-corrected chi connectivity index (χ3v) is 4.17. The molecule has 2 aromatic rings. The number of halogens is 3. The topological polar surface area (TPSA) is 47.8 Å². The van der Waals surface area contributed by atoms with E-state index in [4.69, 9.17) is 0 Å². The fraction of sp³-hybridized carbons (Fsp3) is 0.400. The molecule has 4 rings (SSSR count). The molecular weight excluding hydrogens is 295 g/mol. The van der Waals surface area contributed by atoms with Crippen molar-refractivity contribution >= 4 is 5.78 Å². The van der Waals surface area contributed by atoms with Gasteiger partial charge >= 0.3 is 0 Å². The maximum absolute atomic E-state index is 14.1. The lowest BCUT2D eigenvalue weighted by molar-refractivity contribution is 0.0956. The summed E-state index contributed by atoms with van der Waals surface area (Å²) < 4.78 is 42.7. The van der Waals surface area contributed by atoms with Crippen LogP contribution in [0.25, 0.3) is 0 Å². The predicted molar refractivity (Wildman–Crippen MR) is 70.0 cm³/mol. The lowest BCUT2D eigenvalue weighted by Gasteiger charge is -2.12. The van der Waals surface area contributed by atoms with Gasteiger partial charge in [-0.05, 0) is 18.9 Å². The normalized spacial score (nSPS) is 23.6. The first kappa shape index (κ1) is 13.5. The van der Waals surface area contributed by atoms with Gasteiger partial charge in [-0.3, -0.25) is 4.79 Å². The first-order chi connectivity index (χ1) is 10.6. The van der Waals surface area contributed by atoms with Gasteiger partial charge in [-0.15, -0.1) is 5.10 Å². The van der Waals surface area contributed by atoms with E-state index >= 15 is 0 Å². The second-order valence-corrected chi connectivity index (χ2v) is 5.74. The van der Waals surface area contributed by atoms with Gasteiger partial charge in [0.05, 0.1) is 6.04 Å². The quantitative estimate of drug-likeness (QED) is 0.818. The van der Waals surface area contributed by atoms with Gasteiger partial charge in [0, 0.05) is 17.9 Å². The third-order valence-electron chi connectivity index (χ3n) is 4.17. The molecule has 1 aromatic heterocycles. The fourth-order valence-electron chi connectivity index (χ4n) is 2.85. The third kappa shape index (κ3) is 1.95. The van der Waals surface area contributed by atoms with Gasteiger partial charge in [0.25, 0.3) is 0 Å². The molecule has 1 aromatic carbocycles. The zero-order chi connectivity index (χ0) is 15.4. The molecule has 0 unspecified atom stereocenters. The molecule has 0 amide bonds. The summed E-state index contributed by atoms with van der Waals surface area (Å²) >= 11 is 0. The van der Waals surface area contributed by atoms with Crippen LogP contribution in [-0.4, -0.2) is 20.5 Å². The summed E-state index contributed by atoms with van der Waals surface area (Å²) in [5.41, 5.74) is 0.0247. The summed E-state index contributed by atoms with van der Waals surface area (Å²) in [7, 11) is 0. The number of hydrogen-bond acceptors (Lipinski definition) is 3. The summed E-state index contributed by atoms with van der Waals surface area (Å²) in [5, 5.41) is 4.06. The van der Waals surface area contributed by atoms with E-state index in [2.05, 4.69) is 10.1 Å². The summed E-state index contributed by atoms with van der Waals surface area (Å²) in [4.78, 5) is 16.0. The number of alkyl halides is 1. The number of nitrogens with zero attached hydrogens (tertiary/aromatic N) is 3. The molecule has 2 atom stereocenters. The number of ketones is 1. The van der Waals surface area contributed by atoms with Crippen LogP contribution in [0, 0.1) is 17.6 Å². The number of rotatable bonds is 3. The maximum Gasteiger partial charge on any atom is 0.217 e. The van der Waals surface area contributed by atoms with Gasteiger partial charge in [0.2, 0.25) is 11.6 Å². The van der Waals surface area contributed by atoms with Crippen molar-refractivity contribution in [2.45, 2.75) is 31.5 Å². The molecule has 0 bridgehead atoms. The molecule has 0 N–H and O–H groups in total. The smallest absolute Gasteiger partial charge is 0.217 e. The minimum atomic E-state index is -1.44. The number of carbonyl (C=O) groups excluding carboxylic acids is 1. The van der Waals surface area contributed by atoms with E-state index in [0.29, 0.717) is 0 Å². The lowest BCUT2D eigenvalue weighted by atomic mass is 10.0. The maximum atomic E-state index is 14.1. The van der Waals surface area contributed by atoms with Crippen LogP contribution in [0.4, 0.5) is 13.2 Å². The van der Waals surface area contributed by atoms with Crippen molar-refractivity contribution in [1.29, 1.82) is 0 Å². The Kier molecular flexibility index (Phi) is 2.85. The highest BCUT2D eigenvalue weighted by Crippen LogP contribution is 2.41. The molecule has 0 radical (unpaired) electrons. The second kappa shape index (κ2) is 4.66. The largest absolute Gasteiger partial charge is 0.290 e. The van der Waals surface area contributed by atoms with Crippen LogP contribution in [-0.2, 0) is 0 Å². The fourth-order valence-corrected chi connectivity index (χ4v) is 2.85. The van der Waals surface area contributed by atoms with Crippen LogP contribution in [0.5, 0.6) is 0 Å². The van der Waals surface area contributed by atoms with Crippen LogP contribution in [0.2, 0.25) is 0 Å². The molecule has 0 spiro atoms. The van der Waals surface area contributed by atoms with Crippen LogP contribution in [0.1, 0.15) is 53.5 Å². The van der Waals surface area contributed by atoms with E-state index < -0.39 is 23.8 Å². The highest BCUT2D eigenvalue weighted by atomic mass is 19.2. The van der Waals surface area contributed by atoms with Gasteiger partial charge in [0.1, 0.15) is 0 Å². The molecule has 22 heavy (non-hydrogen) atoms. The van der Waals surface area contributed by atoms with Crippen molar-refractivity contribution in [2.75, 3.05) is 0 Å².